The van der Waals surface area contributed by atoms with Crippen molar-refractivity contribution in [1.82, 2.24) is 10.2 Å². The topological polar surface area (TPSA) is 86.8 Å². The number of aryl methyl sites for hydroxylation is 2. The molecule has 0 unspecified atom stereocenters. The molecule has 7 nitrogen and oxygen atoms in total. The molecule has 0 bridgehead atoms. The average molecular weight is 492 g/mol. The first-order chi connectivity index (χ1) is 15.8. The highest BCUT2D eigenvalue weighted by molar-refractivity contribution is 7.92. The van der Waals surface area contributed by atoms with Crippen LogP contribution >= 0.6 is 0 Å². The van der Waals surface area contributed by atoms with Crippen LogP contribution in [0.5, 0.6) is 0 Å². The van der Waals surface area contributed by atoms with Gasteiger partial charge >= 0.3 is 0 Å². The smallest absolute Gasteiger partial charge is 0.244 e. The Morgan fingerprint density at radius 1 is 1.03 bits per heavy atom. The van der Waals surface area contributed by atoms with Gasteiger partial charge in [0.05, 0.1) is 11.9 Å². The van der Waals surface area contributed by atoms with E-state index >= 15 is 0 Å². The molecule has 2 aromatic carbocycles. The summed E-state index contributed by atoms with van der Waals surface area (Å²) in [7, 11) is -3.79. The third kappa shape index (κ3) is 7.55. The molecule has 34 heavy (non-hydrogen) atoms. The van der Waals surface area contributed by atoms with E-state index in [0.29, 0.717) is 11.3 Å². The molecular formula is C25H34FN3O4S. The molecule has 0 saturated carbocycles. The first kappa shape index (κ1) is 27.3. The Hall–Kier alpha value is -2.94. The molecule has 0 aliphatic heterocycles. The molecule has 186 valence electrons. The van der Waals surface area contributed by atoms with Gasteiger partial charge in [0.25, 0.3) is 0 Å². The predicted molar refractivity (Wildman–Crippen MR) is 132 cm³/mol. The highest BCUT2D eigenvalue weighted by Crippen LogP contribution is 2.22. The molecule has 0 radical (unpaired) electrons. The Balaban J connectivity index is 2.41. The summed E-state index contributed by atoms with van der Waals surface area (Å²) in [4.78, 5) is 27.7. The van der Waals surface area contributed by atoms with E-state index in [4.69, 9.17) is 0 Å². The van der Waals surface area contributed by atoms with Crippen molar-refractivity contribution >= 4 is 27.5 Å². The average Bonchev–Trinajstić information content (AvgIpc) is 2.74. The van der Waals surface area contributed by atoms with E-state index in [-0.39, 0.29) is 18.5 Å². The molecule has 0 spiro atoms. The molecule has 1 N–H and O–H groups in total. The largest absolute Gasteiger partial charge is 0.352 e. The van der Waals surface area contributed by atoms with E-state index in [1.54, 1.807) is 19.1 Å². The van der Waals surface area contributed by atoms with Crippen molar-refractivity contribution in [3.05, 3.63) is 65.0 Å². The van der Waals surface area contributed by atoms with Crippen LogP contribution in [0.3, 0.4) is 0 Å². The summed E-state index contributed by atoms with van der Waals surface area (Å²) in [5, 5.41) is 2.87. The highest BCUT2D eigenvalue weighted by Gasteiger charge is 2.30. The van der Waals surface area contributed by atoms with E-state index in [2.05, 4.69) is 5.32 Å². The SMILES string of the molecule is CC[C@@H](C)NC(=O)[C@@H](C)N(Cc1ccc(F)cc1)C(=O)CN(c1cc(C)cc(C)c1)S(C)(=O)=O. The van der Waals surface area contributed by atoms with E-state index in [0.717, 1.165) is 28.1 Å². The van der Waals surface area contributed by atoms with Gasteiger partial charge in [-0.15, -0.1) is 0 Å². The van der Waals surface area contributed by atoms with E-state index in [1.807, 2.05) is 33.8 Å². The number of carbonyl (C=O) groups excluding carboxylic acids is 2. The Kier molecular flexibility index (Phi) is 9.21. The molecule has 2 rings (SSSR count). The summed E-state index contributed by atoms with van der Waals surface area (Å²) in [6.45, 7) is 8.65. The maximum absolute atomic E-state index is 13.5. The van der Waals surface area contributed by atoms with Crippen LogP contribution in [0.2, 0.25) is 0 Å². The number of amides is 2. The third-order valence-corrected chi connectivity index (χ3v) is 6.75. The van der Waals surface area contributed by atoms with Crippen molar-refractivity contribution in [2.45, 2.75) is 59.7 Å². The highest BCUT2D eigenvalue weighted by atomic mass is 32.2. The number of benzene rings is 2. The Morgan fingerprint density at radius 2 is 1.59 bits per heavy atom. The van der Waals surface area contributed by atoms with Crippen molar-refractivity contribution in [3.8, 4) is 0 Å². The van der Waals surface area contributed by atoms with E-state index in [1.165, 1.54) is 29.2 Å². The zero-order valence-corrected chi connectivity index (χ0v) is 21.4. The first-order valence-electron chi connectivity index (χ1n) is 11.2. The van der Waals surface area contributed by atoms with Crippen molar-refractivity contribution in [2.75, 3.05) is 17.1 Å². The lowest BCUT2D eigenvalue weighted by molar-refractivity contribution is -0.139. The number of nitrogens with zero attached hydrogens (tertiary/aromatic N) is 2. The number of hydrogen-bond donors (Lipinski definition) is 1. The normalized spacial score (nSPS) is 13.1. The number of carbonyl (C=O) groups is 2. The molecule has 0 saturated heterocycles. The lowest BCUT2D eigenvalue weighted by Gasteiger charge is -2.32. The van der Waals surface area contributed by atoms with Gasteiger partial charge in [-0.1, -0.05) is 25.1 Å². The fourth-order valence-electron chi connectivity index (χ4n) is 3.54. The Morgan fingerprint density at radius 3 is 2.09 bits per heavy atom. The molecule has 2 amide bonds. The van der Waals surface area contributed by atoms with E-state index in [9.17, 15) is 22.4 Å². The van der Waals surface area contributed by atoms with Crippen LogP contribution < -0.4 is 9.62 Å². The molecule has 0 heterocycles. The monoisotopic (exact) mass is 491 g/mol. The van der Waals surface area contributed by atoms with Gasteiger partial charge < -0.3 is 10.2 Å². The van der Waals surface area contributed by atoms with Crippen LogP contribution in [0.15, 0.2) is 42.5 Å². The van der Waals surface area contributed by atoms with Crippen LogP contribution in [0.1, 0.15) is 43.9 Å². The van der Waals surface area contributed by atoms with Crippen molar-refractivity contribution < 1.29 is 22.4 Å². The number of sulfonamides is 1. The lowest BCUT2D eigenvalue weighted by Crippen LogP contribution is -2.52. The molecule has 0 aliphatic carbocycles. The van der Waals surface area contributed by atoms with E-state index < -0.39 is 34.3 Å². The van der Waals surface area contributed by atoms with Crippen LogP contribution in [-0.2, 0) is 26.2 Å². The second-order valence-corrected chi connectivity index (χ2v) is 10.7. The Bertz CT molecular complexity index is 1100. The fraction of sp³-hybridized carbons (Fsp3) is 0.440. The second kappa shape index (κ2) is 11.5. The summed E-state index contributed by atoms with van der Waals surface area (Å²) >= 11 is 0. The lowest BCUT2D eigenvalue weighted by atomic mass is 10.1. The third-order valence-electron chi connectivity index (χ3n) is 5.61. The number of rotatable bonds is 10. The van der Waals surface area contributed by atoms with Crippen LogP contribution in [0.25, 0.3) is 0 Å². The van der Waals surface area contributed by atoms with Crippen molar-refractivity contribution in [2.24, 2.45) is 0 Å². The van der Waals surface area contributed by atoms with Gasteiger partial charge in [0.2, 0.25) is 21.8 Å². The van der Waals surface area contributed by atoms with Crippen LogP contribution in [0.4, 0.5) is 10.1 Å². The summed E-state index contributed by atoms with van der Waals surface area (Å²) in [5.74, 6) is -1.30. The zero-order valence-electron chi connectivity index (χ0n) is 20.6. The van der Waals surface area contributed by atoms with Crippen LogP contribution in [-0.4, -0.2) is 50.0 Å². The minimum absolute atomic E-state index is 0.0264. The number of halogens is 1. The van der Waals surface area contributed by atoms with Gasteiger partial charge in [-0.3, -0.25) is 13.9 Å². The first-order valence-corrected chi connectivity index (χ1v) is 13.1. The quantitative estimate of drug-likeness (QED) is 0.551. The predicted octanol–water partition coefficient (Wildman–Crippen LogP) is 3.54. The molecule has 2 aromatic rings. The molecule has 9 heteroatoms. The van der Waals surface area contributed by atoms with Crippen molar-refractivity contribution in [3.63, 3.8) is 0 Å². The fourth-order valence-corrected chi connectivity index (χ4v) is 4.38. The maximum Gasteiger partial charge on any atom is 0.244 e. The second-order valence-electron chi connectivity index (χ2n) is 8.76. The number of hydrogen-bond acceptors (Lipinski definition) is 4. The van der Waals surface area contributed by atoms with Crippen LogP contribution in [0, 0.1) is 19.7 Å². The number of anilines is 1. The van der Waals surface area contributed by atoms with Gasteiger partial charge in [0, 0.05) is 12.6 Å². The minimum atomic E-state index is -3.79. The summed E-state index contributed by atoms with van der Waals surface area (Å²) < 4.78 is 39.7. The molecular weight excluding hydrogens is 457 g/mol. The molecule has 0 aliphatic rings. The van der Waals surface area contributed by atoms with Gasteiger partial charge in [-0.2, -0.15) is 0 Å². The van der Waals surface area contributed by atoms with Gasteiger partial charge in [0.1, 0.15) is 18.4 Å². The molecule has 0 aromatic heterocycles. The zero-order chi connectivity index (χ0) is 25.6. The van der Waals surface area contributed by atoms with Gasteiger partial charge in [-0.25, -0.2) is 12.8 Å². The van der Waals surface area contributed by atoms with Gasteiger partial charge in [-0.05, 0) is 75.1 Å². The maximum atomic E-state index is 13.5. The molecule has 0 fully saturated rings. The molecule has 2 atom stereocenters. The number of nitrogens with one attached hydrogen (secondary N) is 1. The van der Waals surface area contributed by atoms with Gasteiger partial charge in [0.15, 0.2) is 0 Å². The standard InChI is InChI=1S/C25H34FN3O4S/c1-7-19(4)27-25(31)20(5)28(15-21-8-10-22(26)11-9-21)24(30)16-29(34(6,32)33)23-13-17(2)12-18(3)14-23/h8-14,19-20H,7,15-16H2,1-6H3,(H,27,31)/t19-,20-/m1/s1. The minimum Gasteiger partial charge on any atom is -0.352 e. The summed E-state index contributed by atoms with van der Waals surface area (Å²) in [6.07, 6.45) is 1.76. The summed E-state index contributed by atoms with van der Waals surface area (Å²) in [5.41, 5.74) is 2.73. The van der Waals surface area contributed by atoms with Crippen molar-refractivity contribution in [1.29, 1.82) is 0 Å². The summed E-state index contributed by atoms with van der Waals surface area (Å²) in [6, 6.07) is 9.98. The Labute approximate surface area is 202 Å².